The Balaban J connectivity index is 1.42. The number of methoxy groups -OCH3 is 1. The summed E-state index contributed by atoms with van der Waals surface area (Å²) in [6.45, 7) is 0. The summed E-state index contributed by atoms with van der Waals surface area (Å²) in [6, 6.07) is 14.1. The summed E-state index contributed by atoms with van der Waals surface area (Å²) in [5, 5.41) is 3.11. The summed E-state index contributed by atoms with van der Waals surface area (Å²) < 4.78 is 6.43. The van der Waals surface area contributed by atoms with Gasteiger partial charge in [0.2, 0.25) is 5.91 Å². The molecule has 2 aromatic carbocycles. The maximum absolute atomic E-state index is 13.0. The van der Waals surface area contributed by atoms with Crippen LogP contribution in [-0.4, -0.2) is 23.0 Å². The minimum Gasteiger partial charge on any atom is -0.497 e. The van der Waals surface area contributed by atoms with Gasteiger partial charge in [0.05, 0.1) is 30.6 Å². The third-order valence-electron chi connectivity index (χ3n) is 7.29. The van der Waals surface area contributed by atoms with Gasteiger partial charge < -0.3 is 10.1 Å². The van der Waals surface area contributed by atoms with Crippen LogP contribution in [0.4, 0.5) is 5.82 Å². The second kappa shape index (κ2) is 10.9. The smallest absolute Gasteiger partial charge is 0.229 e. The van der Waals surface area contributed by atoms with Gasteiger partial charge in [0.1, 0.15) is 5.75 Å². The first kappa shape index (κ1) is 24.0. The molecule has 182 valence electrons. The number of aryl methyl sites for hydroxylation is 3. The van der Waals surface area contributed by atoms with Gasteiger partial charge in [0.25, 0.3) is 0 Å². The van der Waals surface area contributed by atoms with E-state index in [9.17, 15) is 4.79 Å². The van der Waals surface area contributed by atoms with Crippen molar-refractivity contribution >= 4 is 27.7 Å². The van der Waals surface area contributed by atoms with E-state index in [1.54, 1.807) is 7.11 Å². The summed E-state index contributed by atoms with van der Waals surface area (Å²) in [5.41, 5.74) is 6.18. The SMILES string of the molecule is COc1ccc2c(c1)CCc1nc(NC(=O)Cc3ccc(Br)cc3)c(CCC3CCCCC3)nc1-2. The van der Waals surface area contributed by atoms with Crippen molar-refractivity contribution in [2.24, 2.45) is 5.92 Å². The highest BCUT2D eigenvalue weighted by molar-refractivity contribution is 9.10. The van der Waals surface area contributed by atoms with E-state index in [-0.39, 0.29) is 5.91 Å². The predicted molar refractivity (Wildman–Crippen MR) is 143 cm³/mol. The number of amides is 1. The number of nitrogens with one attached hydrogen (secondary N) is 1. The van der Waals surface area contributed by atoms with Gasteiger partial charge in [-0.25, -0.2) is 9.97 Å². The molecule has 0 bridgehead atoms. The topological polar surface area (TPSA) is 64.1 Å². The Hall–Kier alpha value is -2.73. The summed E-state index contributed by atoms with van der Waals surface area (Å²) in [7, 11) is 1.70. The molecule has 1 aromatic heterocycles. The Kier molecular flexibility index (Phi) is 7.47. The number of carbonyl (C=O) groups is 1. The van der Waals surface area contributed by atoms with Crippen molar-refractivity contribution in [3.63, 3.8) is 0 Å². The number of nitrogens with zero attached hydrogens (tertiary/aromatic N) is 2. The van der Waals surface area contributed by atoms with Crippen LogP contribution >= 0.6 is 15.9 Å². The molecule has 6 heteroatoms. The number of hydrogen-bond acceptors (Lipinski definition) is 4. The lowest BCUT2D eigenvalue weighted by atomic mass is 9.85. The maximum atomic E-state index is 13.0. The fourth-order valence-electron chi connectivity index (χ4n) is 5.34. The zero-order valence-electron chi connectivity index (χ0n) is 20.3. The van der Waals surface area contributed by atoms with Gasteiger partial charge in [-0.1, -0.05) is 60.2 Å². The highest BCUT2D eigenvalue weighted by Gasteiger charge is 2.24. The standard InChI is InChI=1S/C29H32BrN3O2/c1-35-23-13-14-24-21(18-23)10-16-25-28(24)31-26(15-9-19-5-3-2-4-6-19)29(32-25)33-27(34)17-20-7-11-22(30)12-8-20/h7-8,11-14,18-19H,2-6,9-10,15-17H2,1H3,(H,32,33,34). The Labute approximate surface area is 215 Å². The molecule has 5 nitrogen and oxygen atoms in total. The van der Waals surface area contributed by atoms with Crippen molar-refractivity contribution in [2.75, 3.05) is 12.4 Å². The first-order valence-corrected chi connectivity index (χ1v) is 13.5. The van der Waals surface area contributed by atoms with E-state index < -0.39 is 0 Å². The highest BCUT2D eigenvalue weighted by Crippen LogP contribution is 2.36. The van der Waals surface area contributed by atoms with Crippen LogP contribution in [0.1, 0.15) is 61.0 Å². The molecule has 0 aliphatic heterocycles. The van der Waals surface area contributed by atoms with Crippen LogP contribution in [0.3, 0.4) is 0 Å². The molecule has 1 N–H and O–H groups in total. The minimum atomic E-state index is -0.0542. The molecule has 1 heterocycles. The molecule has 1 amide bonds. The Morgan fingerprint density at radius 2 is 1.86 bits per heavy atom. The zero-order valence-corrected chi connectivity index (χ0v) is 21.9. The molecule has 5 rings (SSSR count). The third kappa shape index (κ3) is 5.75. The molecule has 1 fully saturated rings. The molecule has 3 aromatic rings. The number of benzene rings is 2. The van der Waals surface area contributed by atoms with Crippen LogP contribution in [0.25, 0.3) is 11.3 Å². The lowest BCUT2D eigenvalue weighted by molar-refractivity contribution is -0.115. The first-order valence-electron chi connectivity index (χ1n) is 12.7. The fraction of sp³-hybridized carbons (Fsp3) is 0.414. The van der Waals surface area contributed by atoms with Gasteiger partial charge >= 0.3 is 0 Å². The number of aromatic nitrogens is 2. The van der Waals surface area contributed by atoms with Crippen molar-refractivity contribution < 1.29 is 9.53 Å². The second-order valence-electron chi connectivity index (χ2n) is 9.73. The van der Waals surface area contributed by atoms with Crippen LogP contribution in [-0.2, 0) is 30.5 Å². The van der Waals surface area contributed by atoms with Crippen molar-refractivity contribution in [3.05, 3.63) is 69.5 Å². The van der Waals surface area contributed by atoms with Crippen LogP contribution in [0.5, 0.6) is 5.75 Å². The molecule has 2 aliphatic rings. The zero-order chi connectivity index (χ0) is 24.2. The number of hydrogen-bond donors (Lipinski definition) is 1. The molecular weight excluding hydrogens is 502 g/mol. The number of halogens is 1. The molecule has 0 saturated heterocycles. The fourth-order valence-corrected chi connectivity index (χ4v) is 5.60. The van der Waals surface area contributed by atoms with Crippen molar-refractivity contribution in [2.45, 2.75) is 64.2 Å². The number of fused-ring (bicyclic) bond motifs is 3. The van der Waals surface area contributed by atoms with E-state index in [4.69, 9.17) is 14.7 Å². The van der Waals surface area contributed by atoms with E-state index >= 15 is 0 Å². The molecule has 0 spiro atoms. The second-order valence-corrected chi connectivity index (χ2v) is 10.6. The minimum absolute atomic E-state index is 0.0542. The van der Waals surface area contributed by atoms with E-state index in [1.807, 2.05) is 30.3 Å². The Morgan fingerprint density at radius 3 is 2.63 bits per heavy atom. The van der Waals surface area contributed by atoms with Gasteiger partial charge in [-0.15, -0.1) is 0 Å². The quantitative estimate of drug-likeness (QED) is 0.366. The van der Waals surface area contributed by atoms with Crippen molar-refractivity contribution in [3.8, 4) is 17.0 Å². The van der Waals surface area contributed by atoms with Gasteiger partial charge in [-0.3, -0.25) is 4.79 Å². The van der Waals surface area contributed by atoms with Gasteiger partial charge in [-0.05, 0) is 73.1 Å². The normalized spacial score (nSPS) is 15.3. The molecule has 0 unspecified atom stereocenters. The molecule has 2 aliphatic carbocycles. The Bertz CT molecular complexity index is 1200. The monoisotopic (exact) mass is 533 g/mol. The Morgan fingerprint density at radius 1 is 1.06 bits per heavy atom. The van der Waals surface area contributed by atoms with Crippen LogP contribution in [0, 0.1) is 5.92 Å². The molecular formula is C29H32BrN3O2. The summed E-state index contributed by atoms with van der Waals surface area (Å²) in [4.78, 5) is 23.1. The van der Waals surface area contributed by atoms with Gasteiger partial charge in [0.15, 0.2) is 5.82 Å². The molecule has 1 saturated carbocycles. The molecule has 0 radical (unpaired) electrons. The average molecular weight is 534 g/mol. The van der Waals surface area contributed by atoms with Crippen molar-refractivity contribution in [1.82, 2.24) is 9.97 Å². The van der Waals surface area contributed by atoms with Crippen molar-refractivity contribution in [1.29, 1.82) is 0 Å². The average Bonchev–Trinajstić information content (AvgIpc) is 2.89. The summed E-state index contributed by atoms with van der Waals surface area (Å²) >= 11 is 3.45. The van der Waals surface area contributed by atoms with Gasteiger partial charge in [0, 0.05) is 10.0 Å². The van der Waals surface area contributed by atoms with Crippen LogP contribution in [0.2, 0.25) is 0 Å². The molecule has 35 heavy (non-hydrogen) atoms. The number of carbonyl (C=O) groups excluding carboxylic acids is 1. The van der Waals surface area contributed by atoms with E-state index in [1.165, 1.54) is 37.7 Å². The third-order valence-corrected chi connectivity index (χ3v) is 7.82. The lowest BCUT2D eigenvalue weighted by Gasteiger charge is -2.23. The largest absolute Gasteiger partial charge is 0.497 e. The predicted octanol–water partition coefficient (Wildman–Crippen LogP) is 6.71. The number of rotatable bonds is 7. The van der Waals surface area contributed by atoms with Gasteiger partial charge in [-0.2, -0.15) is 0 Å². The van der Waals surface area contributed by atoms with E-state index in [0.29, 0.717) is 12.2 Å². The summed E-state index contributed by atoms with van der Waals surface area (Å²) in [6.07, 6.45) is 10.5. The van der Waals surface area contributed by atoms with E-state index in [2.05, 4.69) is 33.4 Å². The number of anilines is 1. The van der Waals surface area contributed by atoms with Crippen LogP contribution < -0.4 is 10.1 Å². The highest BCUT2D eigenvalue weighted by atomic mass is 79.9. The van der Waals surface area contributed by atoms with Crippen LogP contribution in [0.15, 0.2) is 46.9 Å². The number of ether oxygens (including phenoxy) is 1. The first-order chi connectivity index (χ1) is 17.1. The molecule has 0 atom stereocenters. The maximum Gasteiger partial charge on any atom is 0.229 e. The summed E-state index contributed by atoms with van der Waals surface area (Å²) in [5.74, 6) is 2.19. The van der Waals surface area contributed by atoms with E-state index in [0.717, 1.165) is 70.0 Å². The lowest BCUT2D eigenvalue weighted by Crippen LogP contribution is -2.20.